The molecular weight excluding hydrogens is 702 g/mol. The van der Waals surface area contributed by atoms with E-state index in [1.165, 1.54) is 0 Å². The van der Waals surface area contributed by atoms with Crippen molar-refractivity contribution in [3.8, 4) is 0 Å². The number of rotatable bonds is 4. The van der Waals surface area contributed by atoms with Gasteiger partial charge in [-0.2, -0.15) is 0 Å². The zero-order chi connectivity index (χ0) is 26.2. The lowest BCUT2D eigenvalue weighted by Gasteiger charge is -2.46. The Balaban J connectivity index is 1.46. The van der Waals surface area contributed by atoms with Crippen LogP contribution in [0.2, 0.25) is 0 Å². The van der Waals surface area contributed by atoms with E-state index in [1.54, 1.807) is 61.5 Å². The van der Waals surface area contributed by atoms with Crippen LogP contribution in [0.15, 0.2) is 60.2 Å². The van der Waals surface area contributed by atoms with E-state index >= 15 is 0 Å². The predicted octanol–water partition coefficient (Wildman–Crippen LogP) is 3.56. The van der Waals surface area contributed by atoms with Crippen molar-refractivity contribution in [1.29, 1.82) is 0 Å². The van der Waals surface area contributed by atoms with Crippen LogP contribution >= 0.6 is 45.2 Å². The summed E-state index contributed by atoms with van der Waals surface area (Å²) in [5.41, 5.74) is 1.08. The highest BCUT2D eigenvalue weighted by atomic mass is 127. The van der Waals surface area contributed by atoms with Crippen LogP contribution < -0.4 is 9.80 Å². The summed E-state index contributed by atoms with van der Waals surface area (Å²) in [7, 11) is 0. The molecule has 2 aromatic carbocycles. The SMILES string of the molecule is CCOC(=O)C1=CC2[C@H]3C(=O)N(c4ccc(I)cc4)C(=O)[C@@H]3C1[C@H]1C(=O)N(c3ccc(I)cc3)C(=O)[C@@H]21. The summed E-state index contributed by atoms with van der Waals surface area (Å²) < 4.78 is 7.18. The number of benzene rings is 2. The first-order valence-electron chi connectivity index (χ1n) is 11.9. The van der Waals surface area contributed by atoms with E-state index in [0.717, 1.165) is 16.9 Å². The van der Waals surface area contributed by atoms with E-state index < -0.39 is 65.1 Å². The molecule has 2 aromatic rings. The Morgan fingerprint density at radius 2 is 1.11 bits per heavy atom. The van der Waals surface area contributed by atoms with Crippen molar-refractivity contribution in [2.24, 2.45) is 35.5 Å². The van der Waals surface area contributed by atoms with Gasteiger partial charge in [-0.05, 0) is 101 Å². The molecule has 3 aliphatic carbocycles. The van der Waals surface area contributed by atoms with Gasteiger partial charge in [0.25, 0.3) is 0 Å². The molecule has 2 saturated heterocycles. The van der Waals surface area contributed by atoms with E-state index in [4.69, 9.17) is 4.74 Å². The topological polar surface area (TPSA) is 101 Å². The number of imide groups is 2. The number of hydrogen-bond donors (Lipinski definition) is 0. The lowest BCUT2D eigenvalue weighted by Crippen LogP contribution is -2.53. The van der Waals surface area contributed by atoms with Crippen LogP contribution in [0.25, 0.3) is 0 Å². The molecule has 2 unspecified atom stereocenters. The lowest BCUT2D eigenvalue weighted by atomic mass is 9.52. The number of anilines is 2. The first kappa shape index (κ1) is 24.7. The second kappa shape index (κ2) is 9.00. The normalized spacial score (nSPS) is 30.0. The van der Waals surface area contributed by atoms with Crippen molar-refractivity contribution in [1.82, 2.24) is 0 Å². The summed E-state index contributed by atoms with van der Waals surface area (Å²) in [4.78, 5) is 70.5. The van der Waals surface area contributed by atoms with Crippen LogP contribution in [0.3, 0.4) is 0 Å². The van der Waals surface area contributed by atoms with Crippen LogP contribution in [-0.2, 0) is 28.7 Å². The average molecular weight is 722 g/mol. The van der Waals surface area contributed by atoms with Gasteiger partial charge in [-0.3, -0.25) is 29.0 Å². The van der Waals surface area contributed by atoms with Gasteiger partial charge in [-0.15, -0.1) is 0 Å². The summed E-state index contributed by atoms with van der Waals surface area (Å²) in [5.74, 6) is -7.52. The first-order chi connectivity index (χ1) is 17.7. The standard InChI is InChI=1S/C27H20I2N2O6/c1-2-37-27(36)17-11-16-19-21(25(34)30(23(19)32)14-7-3-12(28)4-8-14)18(17)22-20(16)24(33)31(26(22)35)15-9-5-13(29)6-10-15/h3-11,16,18-22H,2H2,1H3/t16?,18?,19-,20+,21-,22-/m1/s1. The molecule has 6 atom stereocenters. The Kier molecular flexibility index (Phi) is 6.01. The number of hydrogen-bond acceptors (Lipinski definition) is 6. The van der Waals surface area contributed by atoms with Gasteiger partial charge in [0.1, 0.15) is 0 Å². The molecule has 0 aromatic heterocycles. The average Bonchev–Trinajstić information content (AvgIpc) is 3.32. The highest BCUT2D eigenvalue weighted by molar-refractivity contribution is 14.1. The zero-order valence-electron chi connectivity index (χ0n) is 19.5. The van der Waals surface area contributed by atoms with Crippen LogP contribution in [0.1, 0.15) is 6.92 Å². The maximum atomic E-state index is 13.8. The molecule has 1 saturated carbocycles. The third kappa shape index (κ3) is 3.54. The van der Waals surface area contributed by atoms with Gasteiger partial charge in [0.05, 0.1) is 41.7 Å². The summed E-state index contributed by atoms with van der Waals surface area (Å²) in [5, 5.41) is 0. The minimum atomic E-state index is -0.922. The third-order valence-electron chi connectivity index (χ3n) is 7.81. The molecule has 37 heavy (non-hydrogen) atoms. The predicted molar refractivity (Wildman–Crippen MR) is 149 cm³/mol. The fourth-order valence-corrected chi connectivity index (χ4v) is 7.18. The molecule has 10 heteroatoms. The maximum absolute atomic E-state index is 13.8. The van der Waals surface area contributed by atoms with E-state index in [-0.39, 0.29) is 12.2 Å². The number of ether oxygens (including phenoxy) is 1. The minimum Gasteiger partial charge on any atom is -0.463 e. The molecule has 0 radical (unpaired) electrons. The Bertz CT molecular complexity index is 1310. The van der Waals surface area contributed by atoms with Gasteiger partial charge in [0, 0.05) is 24.5 Å². The Labute approximate surface area is 239 Å². The summed E-state index contributed by atoms with van der Waals surface area (Å²) >= 11 is 4.28. The highest BCUT2D eigenvalue weighted by Crippen LogP contribution is 2.60. The molecule has 0 spiro atoms. The smallest absolute Gasteiger partial charge is 0.334 e. The van der Waals surface area contributed by atoms with Crippen molar-refractivity contribution in [2.75, 3.05) is 16.4 Å². The van der Waals surface area contributed by atoms with E-state index in [0.29, 0.717) is 11.4 Å². The van der Waals surface area contributed by atoms with Gasteiger partial charge >= 0.3 is 5.97 Å². The van der Waals surface area contributed by atoms with Crippen molar-refractivity contribution in [3.63, 3.8) is 0 Å². The number of esters is 1. The van der Waals surface area contributed by atoms with Gasteiger partial charge in [0.2, 0.25) is 23.6 Å². The highest BCUT2D eigenvalue weighted by Gasteiger charge is 2.71. The van der Waals surface area contributed by atoms with Gasteiger partial charge in [0.15, 0.2) is 0 Å². The van der Waals surface area contributed by atoms with Crippen molar-refractivity contribution in [3.05, 3.63) is 67.3 Å². The molecule has 2 bridgehead atoms. The number of amides is 4. The number of carbonyl (C=O) groups excluding carboxylic acids is 5. The molecule has 4 amide bonds. The van der Waals surface area contributed by atoms with Crippen molar-refractivity contribution in [2.45, 2.75) is 6.92 Å². The second-order valence-corrected chi connectivity index (χ2v) is 12.0. The first-order valence-corrected chi connectivity index (χ1v) is 14.1. The maximum Gasteiger partial charge on any atom is 0.334 e. The number of allylic oxidation sites excluding steroid dienone is 1. The Morgan fingerprint density at radius 3 is 1.51 bits per heavy atom. The fraction of sp³-hybridized carbons (Fsp3) is 0.296. The minimum absolute atomic E-state index is 0.124. The fourth-order valence-electron chi connectivity index (χ4n) is 6.46. The molecular formula is C27H20I2N2O6. The van der Waals surface area contributed by atoms with Gasteiger partial charge in [-0.1, -0.05) is 6.08 Å². The quantitative estimate of drug-likeness (QED) is 0.272. The van der Waals surface area contributed by atoms with E-state index in [1.807, 2.05) is 0 Å². The Hall–Kier alpha value is -2.61. The van der Waals surface area contributed by atoms with Crippen LogP contribution in [-0.4, -0.2) is 36.2 Å². The molecule has 8 nitrogen and oxygen atoms in total. The molecule has 3 fully saturated rings. The summed E-state index contributed by atoms with van der Waals surface area (Å²) in [6.45, 7) is 1.80. The zero-order valence-corrected chi connectivity index (χ0v) is 23.8. The summed E-state index contributed by atoms with van der Waals surface area (Å²) in [6, 6.07) is 14.0. The lowest BCUT2D eigenvalue weighted by molar-refractivity contribution is -0.146. The van der Waals surface area contributed by atoms with E-state index in [2.05, 4.69) is 45.2 Å². The van der Waals surface area contributed by atoms with E-state index in [9.17, 15) is 24.0 Å². The molecule has 7 rings (SSSR count). The molecule has 5 aliphatic rings. The monoisotopic (exact) mass is 722 g/mol. The molecule has 2 heterocycles. The van der Waals surface area contributed by atoms with Crippen LogP contribution in [0.4, 0.5) is 11.4 Å². The van der Waals surface area contributed by atoms with Gasteiger partial charge < -0.3 is 4.74 Å². The molecule has 0 N–H and O–H groups in total. The molecule has 188 valence electrons. The second-order valence-electron chi connectivity index (χ2n) is 9.53. The van der Waals surface area contributed by atoms with Crippen molar-refractivity contribution < 1.29 is 28.7 Å². The Morgan fingerprint density at radius 1 is 0.703 bits per heavy atom. The number of nitrogens with zero attached hydrogens (tertiary/aromatic N) is 2. The third-order valence-corrected chi connectivity index (χ3v) is 9.25. The number of carbonyl (C=O) groups is 5. The summed E-state index contributed by atoms with van der Waals surface area (Å²) in [6.07, 6.45) is 1.62. The van der Waals surface area contributed by atoms with Gasteiger partial charge in [-0.25, -0.2) is 4.79 Å². The largest absolute Gasteiger partial charge is 0.463 e. The number of halogens is 2. The van der Waals surface area contributed by atoms with Crippen molar-refractivity contribution >= 4 is 86.2 Å². The van der Waals surface area contributed by atoms with Crippen LogP contribution in [0, 0.1) is 42.6 Å². The van der Waals surface area contributed by atoms with Crippen LogP contribution in [0.5, 0.6) is 0 Å². The molecule has 2 aliphatic heterocycles.